The van der Waals surface area contributed by atoms with Crippen LogP contribution in [0.15, 0.2) is 36.5 Å². The molecule has 0 saturated carbocycles. The molecular weight excluding hydrogens is 387 g/mol. The van der Waals surface area contributed by atoms with Gasteiger partial charge in [0.1, 0.15) is 0 Å². The summed E-state index contributed by atoms with van der Waals surface area (Å²) in [5.41, 5.74) is 7.02. The number of fused-ring (bicyclic) bond motifs is 1. The second-order valence-electron chi connectivity index (χ2n) is 8.30. The van der Waals surface area contributed by atoms with Crippen LogP contribution in [0.4, 0.5) is 13.2 Å². The first-order valence-corrected chi connectivity index (χ1v) is 10.7. The lowest BCUT2D eigenvalue weighted by molar-refractivity contribution is -0.138. The van der Waals surface area contributed by atoms with Crippen LogP contribution in [0.2, 0.25) is 0 Å². The fourth-order valence-corrected chi connectivity index (χ4v) is 4.61. The molecule has 0 aliphatic carbocycles. The highest BCUT2D eigenvalue weighted by Gasteiger charge is 2.29. The summed E-state index contributed by atoms with van der Waals surface area (Å²) < 4.78 is 37.5. The maximum Gasteiger partial charge on any atom is 0.390 e. The smallest absolute Gasteiger partial charge is 0.354 e. The van der Waals surface area contributed by atoms with E-state index in [0.29, 0.717) is 5.92 Å². The van der Waals surface area contributed by atoms with Crippen LogP contribution < -0.4 is 0 Å². The van der Waals surface area contributed by atoms with Crippen molar-refractivity contribution >= 4 is 10.9 Å². The normalized spacial score (nSPS) is 16.4. The molecule has 6 heteroatoms. The summed E-state index contributed by atoms with van der Waals surface area (Å²) in [7, 11) is 0. The molecule has 3 heterocycles. The molecule has 0 radical (unpaired) electrons. The summed E-state index contributed by atoms with van der Waals surface area (Å²) in [6.07, 6.45) is -0.206. The molecule has 0 amide bonds. The second-order valence-corrected chi connectivity index (χ2v) is 8.30. The number of alkyl halides is 3. The molecule has 3 nitrogen and oxygen atoms in total. The molecule has 1 aliphatic rings. The molecule has 30 heavy (non-hydrogen) atoms. The predicted octanol–water partition coefficient (Wildman–Crippen LogP) is 6.23. The van der Waals surface area contributed by atoms with Gasteiger partial charge in [-0.1, -0.05) is 13.0 Å². The van der Waals surface area contributed by atoms with Crippen LogP contribution in [0.25, 0.3) is 22.2 Å². The van der Waals surface area contributed by atoms with Crippen LogP contribution in [0, 0.1) is 6.92 Å². The zero-order valence-electron chi connectivity index (χ0n) is 17.5. The summed E-state index contributed by atoms with van der Waals surface area (Å²) in [6, 6.07) is 10.8. The molecule has 160 valence electrons. The number of benzene rings is 1. The number of hydrogen-bond acceptors (Lipinski definition) is 2. The number of aryl methyl sites for hydroxylation is 2. The second kappa shape index (κ2) is 8.42. The maximum atomic E-state index is 12.5. The molecule has 1 fully saturated rings. The van der Waals surface area contributed by atoms with E-state index in [9.17, 15) is 13.2 Å². The van der Waals surface area contributed by atoms with Crippen LogP contribution in [0.3, 0.4) is 0 Å². The molecule has 1 saturated heterocycles. The average molecular weight is 416 g/mol. The highest BCUT2D eigenvalue weighted by Crippen LogP contribution is 2.35. The first-order chi connectivity index (χ1) is 14.3. The van der Waals surface area contributed by atoms with E-state index >= 15 is 0 Å². The van der Waals surface area contributed by atoms with E-state index in [-0.39, 0.29) is 6.54 Å². The molecule has 0 atom stereocenters. The highest BCUT2D eigenvalue weighted by molar-refractivity contribution is 5.91. The Kier molecular flexibility index (Phi) is 5.87. The number of likely N-dealkylation sites (tertiary alicyclic amines) is 1. The summed E-state index contributed by atoms with van der Waals surface area (Å²) in [4.78, 5) is 9.83. The van der Waals surface area contributed by atoms with E-state index in [0.717, 1.165) is 54.8 Å². The van der Waals surface area contributed by atoms with Crippen molar-refractivity contribution in [1.29, 1.82) is 0 Å². The topological polar surface area (TPSA) is 31.9 Å². The maximum absolute atomic E-state index is 12.5. The number of rotatable bonds is 5. The number of nitrogens with one attached hydrogen (secondary N) is 1. The molecule has 3 aromatic rings. The highest BCUT2D eigenvalue weighted by atomic mass is 19.4. The van der Waals surface area contributed by atoms with Gasteiger partial charge >= 0.3 is 6.18 Å². The van der Waals surface area contributed by atoms with E-state index in [1.54, 1.807) is 0 Å². The SMILES string of the molecule is CCc1c(-c2ccnc(C)c2)[nH]c2ccc(C3CCN(CCC(F)(F)F)CC3)cc12. The van der Waals surface area contributed by atoms with Gasteiger partial charge < -0.3 is 9.88 Å². The molecular formula is C24H28F3N3. The lowest BCUT2D eigenvalue weighted by Crippen LogP contribution is -2.35. The minimum absolute atomic E-state index is 0.113. The number of piperidine rings is 1. The third kappa shape index (κ3) is 4.53. The van der Waals surface area contributed by atoms with Crippen molar-refractivity contribution in [3.8, 4) is 11.3 Å². The zero-order chi connectivity index (χ0) is 21.3. The molecule has 1 aromatic carbocycles. The predicted molar refractivity (Wildman–Crippen MR) is 115 cm³/mol. The Balaban J connectivity index is 1.54. The molecule has 4 rings (SSSR count). The van der Waals surface area contributed by atoms with E-state index in [1.807, 2.05) is 24.1 Å². The number of nitrogens with zero attached hydrogens (tertiary/aromatic N) is 2. The Morgan fingerprint density at radius 3 is 2.57 bits per heavy atom. The average Bonchev–Trinajstić information content (AvgIpc) is 3.10. The summed E-state index contributed by atoms with van der Waals surface area (Å²) in [5, 5.41) is 1.25. The Hall–Kier alpha value is -2.34. The fraction of sp³-hybridized carbons (Fsp3) is 0.458. The summed E-state index contributed by atoms with van der Waals surface area (Å²) in [5.74, 6) is 0.405. The van der Waals surface area contributed by atoms with Crippen molar-refractivity contribution < 1.29 is 13.2 Å². The monoisotopic (exact) mass is 415 g/mol. The minimum Gasteiger partial charge on any atom is -0.354 e. The first kappa shape index (κ1) is 20.9. The fourth-order valence-electron chi connectivity index (χ4n) is 4.61. The van der Waals surface area contributed by atoms with Crippen LogP contribution in [-0.4, -0.2) is 40.7 Å². The summed E-state index contributed by atoms with van der Waals surface area (Å²) in [6.45, 7) is 5.74. The molecule has 0 bridgehead atoms. The number of hydrogen-bond donors (Lipinski definition) is 1. The van der Waals surface area contributed by atoms with Gasteiger partial charge in [0.05, 0.1) is 6.42 Å². The van der Waals surface area contributed by atoms with E-state index in [4.69, 9.17) is 0 Å². The van der Waals surface area contributed by atoms with Crippen molar-refractivity contribution in [3.63, 3.8) is 0 Å². The van der Waals surface area contributed by atoms with E-state index in [2.05, 4.69) is 41.2 Å². The third-order valence-electron chi connectivity index (χ3n) is 6.24. The number of pyridine rings is 1. The van der Waals surface area contributed by atoms with Gasteiger partial charge in [0.2, 0.25) is 0 Å². The number of aromatic amines is 1. The molecule has 0 spiro atoms. The van der Waals surface area contributed by atoms with Gasteiger partial charge in [0.25, 0.3) is 0 Å². The van der Waals surface area contributed by atoms with E-state index < -0.39 is 12.6 Å². The lowest BCUT2D eigenvalue weighted by Gasteiger charge is -2.32. The molecule has 2 aromatic heterocycles. The van der Waals surface area contributed by atoms with Gasteiger partial charge in [-0.3, -0.25) is 4.98 Å². The third-order valence-corrected chi connectivity index (χ3v) is 6.24. The Bertz CT molecular complexity index is 1010. The van der Waals surface area contributed by atoms with Gasteiger partial charge in [0, 0.05) is 40.6 Å². The Labute approximate surface area is 175 Å². The van der Waals surface area contributed by atoms with Crippen molar-refractivity contribution in [1.82, 2.24) is 14.9 Å². The number of halogens is 3. The molecule has 1 N–H and O–H groups in total. The molecule has 1 aliphatic heterocycles. The van der Waals surface area contributed by atoms with Crippen molar-refractivity contribution in [2.45, 2.75) is 51.6 Å². The van der Waals surface area contributed by atoms with Crippen molar-refractivity contribution in [2.24, 2.45) is 0 Å². The van der Waals surface area contributed by atoms with Gasteiger partial charge in [-0.2, -0.15) is 13.2 Å². The van der Waals surface area contributed by atoms with Crippen LogP contribution in [0.1, 0.15) is 48.9 Å². The van der Waals surface area contributed by atoms with Gasteiger partial charge in [-0.05, 0) is 80.6 Å². The van der Waals surface area contributed by atoms with Crippen LogP contribution in [0.5, 0.6) is 0 Å². The van der Waals surface area contributed by atoms with Crippen molar-refractivity contribution in [2.75, 3.05) is 19.6 Å². The standard InChI is InChI=1S/C24H28F3N3/c1-3-20-21-15-18(17-7-11-30(12-8-17)13-9-24(25,26)27)4-5-22(21)29-23(20)19-6-10-28-16(2)14-19/h4-6,10,14-15,17,29H,3,7-9,11-13H2,1-2H3. The molecule has 0 unspecified atom stereocenters. The number of H-pyrrole nitrogens is 1. The van der Waals surface area contributed by atoms with Gasteiger partial charge in [-0.15, -0.1) is 0 Å². The lowest BCUT2D eigenvalue weighted by atomic mass is 9.88. The minimum atomic E-state index is -4.07. The number of aromatic nitrogens is 2. The quantitative estimate of drug-likeness (QED) is 0.535. The largest absolute Gasteiger partial charge is 0.390 e. The van der Waals surface area contributed by atoms with Crippen LogP contribution in [-0.2, 0) is 6.42 Å². The summed E-state index contributed by atoms with van der Waals surface area (Å²) >= 11 is 0. The van der Waals surface area contributed by atoms with Crippen molar-refractivity contribution in [3.05, 3.63) is 53.3 Å². The van der Waals surface area contributed by atoms with Gasteiger partial charge in [-0.25, -0.2) is 0 Å². The Morgan fingerprint density at radius 1 is 1.13 bits per heavy atom. The van der Waals surface area contributed by atoms with Gasteiger partial charge in [0.15, 0.2) is 0 Å². The first-order valence-electron chi connectivity index (χ1n) is 10.7. The Morgan fingerprint density at radius 2 is 1.90 bits per heavy atom. The van der Waals surface area contributed by atoms with E-state index in [1.165, 1.54) is 16.5 Å². The zero-order valence-corrected chi connectivity index (χ0v) is 17.5. The van der Waals surface area contributed by atoms with Crippen LogP contribution >= 0.6 is 0 Å².